The molecule has 2 heterocycles. The lowest BCUT2D eigenvalue weighted by molar-refractivity contribution is -0.113. The second-order valence-corrected chi connectivity index (χ2v) is 8.21. The molecule has 1 amide bonds. The average Bonchev–Trinajstić information content (AvgIpc) is 3.40. The number of thioether (sulfide) groups is 1. The maximum atomic E-state index is 13.6. The first-order valence-electron chi connectivity index (χ1n) is 10.2. The summed E-state index contributed by atoms with van der Waals surface area (Å²) in [6.45, 7) is 3.73. The van der Waals surface area contributed by atoms with Gasteiger partial charge in [0.2, 0.25) is 11.1 Å². The van der Waals surface area contributed by atoms with Gasteiger partial charge in [-0.1, -0.05) is 17.8 Å². The number of hydrogen-bond donors (Lipinski definition) is 1. The van der Waals surface area contributed by atoms with Crippen LogP contribution < -0.4 is 10.1 Å². The Bertz CT molecular complexity index is 1390. The summed E-state index contributed by atoms with van der Waals surface area (Å²) < 4.78 is 22.0. The molecular weight excluding hydrogens is 457 g/mol. The maximum absolute atomic E-state index is 13.6. The molecule has 0 atom stereocenters. The Morgan fingerprint density at radius 3 is 2.65 bits per heavy atom. The second kappa shape index (κ2) is 9.76. The van der Waals surface area contributed by atoms with Gasteiger partial charge in [-0.25, -0.2) is 4.39 Å². The van der Waals surface area contributed by atoms with E-state index in [1.54, 1.807) is 19.2 Å². The molecule has 1 N–H and O–H groups in total. The number of amides is 1. The zero-order valence-corrected chi connectivity index (χ0v) is 19.4. The Hall–Kier alpha value is -4.17. The van der Waals surface area contributed by atoms with Gasteiger partial charge in [-0.3, -0.25) is 9.36 Å². The van der Waals surface area contributed by atoms with Gasteiger partial charge in [0.1, 0.15) is 23.5 Å². The fourth-order valence-electron chi connectivity index (χ4n) is 3.45. The van der Waals surface area contributed by atoms with Crippen LogP contribution in [0.4, 0.5) is 10.2 Å². The Labute approximate surface area is 199 Å². The number of carbonyl (C=O) groups excluding carboxylic acids is 1. The predicted molar refractivity (Wildman–Crippen MR) is 125 cm³/mol. The van der Waals surface area contributed by atoms with Gasteiger partial charge in [-0.2, -0.15) is 9.94 Å². The molecule has 11 heteroatoms. The van der Waals surface area contributed by atoms with Gasteiger partial charge in [0.25, 0.3) is 0 Å². The third-order valence-electron chi connectivity index (χ3n) is 5.24. The summed E-state index contributed by atoms with van der Waals surface area (Å²) in [5, 5.41) is 24.4. The van der Waals surface area contributed by atoms with Crippen LogP contribution in [-0.2, 0) is 4.79 Å². The third kappa shape index (κ3) is 4.49. The summed E-state index contributed by atoms with van der Waals surface area (Å²) in [6, 6.07) is 15.3. The van der Waals surface area contributed by atoms with Crippen LogP contribution in [0.1, 0.15) is 16.8 Å². The van der Waals surface area contributed by atoms with Crippen LogP contribution in [0, 0.1) is 31.0 Å². The molecule has 0 saturated heterocycles. The van der Waals surface area contributed by atoms with Gasteiger partial charge in [-0.05, 0) is 72.3 Å². The van der Waals surface area contributed by atoms with Gasteiger partial charge in [0.05, 0.1) is 24.1 Å². The van der Waals surface area contributed by atoms with Crippen LogP contribution >= 0.6 is 11.8 Å². The smallest absolute Gasteiger partial charge is 0.236 e. The van der Waals surface area contributed by atoms with E-state index in [4.69, 9.17) is 4.74 Å². The van der Waals surface area contributed by atoms with Crippen molar-refractivity contribution in [3.05, 3.63) is 71.2 Å². The molecule has 0 unspecified atom stereocenters. The van der Waals surface area contributed by atoms with Crippen molar-refractivity contribution in [1.82, 2.24) is 24.8 Å². The monoisotopic (exact) mass is 477 g/mol. The van der Waals surface area contributed by atoms with Gasteiger partial charge >= 0.3 is 0 Å². The van der Waals surface area contributed by atoms with Crippen LogP contribution in [-0.4, -0.2) is 43.5 Å². The molecule has 0 spiro atoms. The van der Waals surface area contributed by atoms with Crippen molar-refractivity contribution in [3.63, 3.8) is 0 Å². The molecule has 4 rings (SSSR count). The van der Waals surface area contributed by atoms with E-state index in [1.807, 2.05) is 42.7 Å². The molecule has 172 valence electrons. The number of benzene rings is 2. The number of nitriles is 1. The van der Waals surface area contributed by atoms with Crippen molar-refractivity contribution < 1.29 is 13.9 Å². The normalized spacial score (nSPS) is 10.7. The Kier molecular flexibility index (Phi) is 6.60. The first kappa shape index (κ1) is 23.0. The molecule has 0 aliphatic heterocycles. The molecule has 34 heavy (non-hydrogen) atoms. The van der Waals surface area contributed by atoms with Gasteiger partial charge in [-0.15, -0.1) is 5.10 Å². The van der Waals surface area contributed by atoms with E-state index in [9.17, 15) is 14.4 Å². The van der Waals surface area contributed by atoms with E-state index in [2.05, 4.69) is 26.9 Å². The van der Waals surface area contributed by atoms with Crippen molar-refractivity contribution in [2.24, 2.45) is 0 Å². The topological polar surface area (TPSA) is 111 Å². The van der Waals surface area contributed by atoms with Crippen LogP contribution in [0.25, 0.3) is 11.4 Å². The summed E-state index contributed by atoms with van der Waals surface area (Å²) in [6.07, 6.45) is 0. The standard InChI is InChI=1S/C23H20FN7O2S/c1-14-15(2)30(17-7-9-19(33-3)10-8-17)22(20(14)12-25)26-21(32)13-34-23-27-28-29-31(23)18-6-4-5-16(24)11-18/h4-11H,13H2,1-3H3,(H,26,32). The Balaban J connectivity index is 1.57. The minimum Gasteiger partial charge on any atom is -0.497 e. The zero-order valence-electron chi connectivity index (χ0n) is 18.6. The zero-order chi connectivity index (χ0) is 24.2. The Morgan fingerprint density at radius 1 is 1.21 bits per heavy atom. The number of carbonyl (C=O) groups is 1. The van der Waals surface area contributed by atoms with Crippen LogP contribution in [0.15, 0.2) is 53.7 Å². The largest absolute Gasteiger partial charge is 0.497 e. The average molecular weight is 478 g/mol. The summed E-state index contributed by atoms with van der Waals surface area (Å²) in [5.74, 6) is 0.298. The molecule has 0 aliphatic carbocycles. The summed E-state index contributed by atoms with van der Waals surface area (Å²) in [5.41, 5.74) is 3.22. The first-order chi connectivity index (χ1) is 16.4. The second-order valence-electron chi connectivity index (χ2n) is 7.27. The number of tetrazole rings is 1. The van der Waals surface area contributed by atoms with Crippen molar-refractivity contribution in [2.45, 2.75) is 19.0 Å². The molecule has 0 fully saturated rings. The summed E-state index contributed by atoms with van der Waals surface area (Å²) in [4.78, 5) is 12.9. The number of rotatable bonds is 7. The molecule has 2 aromatic carbocycles. The SMILES string of the molecule is COc1ccc(-n2c(C)c(C)c(C#N)c2NC(=O)CSc2nnnn2-c2cccc(F)c2)cc1. The van der Waals surface area contributed by atoms with Crippen LogP contribution in [0.3, 0.4) is 0 Å². The number of anilines is 1. The van der Waals surface area contributed by atoms with Gasteiger partial charge < -0.3 is 10.1 Å². The molecule has 0 radical (unpaired) electrons. The van der Waals surface area contributed by atoms with E-state index in [0.29, 0.717) is 28.0 Å². The van der Waals surface area contributed by atoms with E-state index < -0.39 is 5.82 Å². The fourth-order valence-corrected chi connectivity index (χ4v) is 4.14. The number of hydrogen-bond acceptors (Lipinski definition) is 7. The van der Waals surface area contributed by atoms with E-state index in [0.717, 1.165) is 28.7 Å². The van der Waals surface area contributed by atoms with Crippen molar-refractivity contribution in [1.29, 1.82) is 5.26 Å². The van der Waals surface area contributed by atoms with E-state index in [1.165, 1.54) is 16.8 Å². The van der Waals surface area contributed by atoms with Gasteiger partial charge in [0.15, 0.2) is 0 Å². The maximum Gasteiger partial charge on any atom is 0.236 e. The summed E-state index contributed by atoms with van der Waals surface area (Å²) in [7, 11) is 1.59. The quantitative estimate of drug-likeness (QED) is 0.403. The molecule has 0 saturated carbocycles. The highest BCUT2D eigenvalue weighted by atomic mass is 32.2. The lowest BCUT2D eigenvalue weighted by Crippen LogP contribution is -2.18. The molecule has 4 aromatic rings. The lowest BCUT2D eigenvalue weighted by Gasteiger charge is -2.13. The number of ether oxygens (including phenoxy) is 1. The number of aromatic nitrogens is 5. The molecule has 2 aromatic heterocycles. The highest BCUT2D eigenvalue weighted by Crippen LogP contribution is 2.31. The minimum absolute atomic E-state index is 0.0214. The highest BCUT2D eigenvalue weighted by Gasteiger charge is 2.21. The van der Waals surface area contributed by atoms with E-state index in [-0.39, 0.29) is 11.7 Å². The fraction of sp³-hybridized carbons (Fsp3) is 0.174. The van der Waals surface area contributed by atoms with Crippen molar-refractivity contribution in [2.75, 3.05) is 18.2 Å². The molecule has 9 nitrogen and oxygen atoms in total. The van der Waals surface area contributed by atoms with Crippen molar-refractivity contribution >= 4 is 23.5 Å². The number of nitrogens with one attached hydrogen (secondary N) is 1. The number of nitrogens with zero attached hydrogens (tertiary/aromatic N) is 6. The number of methoxy groups -OCH3 is 1. The Morgan fingerprint density at radius 2 is 1.97 bits per heavy atom. The predicted octanol–water partition coefficient (Wildman–Crippen LogP) is 3.82. The minimum atomic E-state index is -0.421. The molecule has 0 aliphatic rings. The highest BCUT2D eigenvalue weighted by molar-refractivity contribution is 7.99. The summed E-state index contributed by atoms with van der Waals surface area (Å²) >= 11 is 1.10. The first-order valence-corrected chi connectivity index (χ1v) is 11.1. The van der Waals surface area contributed by atoms with Crippen molar-refractivity contribution in [3.8, 4) is 23.2 Å². The third-order valence-corrected chi connectivity index (χ3v) is 6.16. The van der Waals surface area contributed by atoms with Crippen LogP contribution in [0.2, 0.25) is 0 Å². The molecule has 0 bridgehead atoms. The van der Waals surface area contributed by atoms with Crippen LogP contribution in [0.5, 0.6) is 5.75 Å². The van der Waals surface area contributed by atoms with Gasteiger partial charge in [0, 0.05) is 11.4 Å². The number of halogens is 1. The lowest BCUT2D eigenvalue weighted by atomic mass is 10.2. The van der Waals surface area contributed by atoms with E-state index >= 15 is 0 Å². The molecular formula is C23H20FN7O2S.